The normalized spacial score (nSPS) is 10.3. The standard InChI is InChI=1S/C10H5F2S/c11-10(12)4-7-2-1-3-8-5-13-6-9(7)8/h1-4,6H. The minimum atomic E-state index is -1.67. The molecule has 0 unspecified atom stereocenters. The van der Waals surface area contributed by atoms with Gasteiger partial charge in [-0.05, 0) is 10.9 Å². The lowest BCUT2D eigenvalue weighted by atomic mass is 10.1. The van der Waals surface area contributed by atoms with Gasteiger partial charge in [0.1, 0.15) is 0 Å². The molecular formula is C10H5F2S. The third kappa shape index (κ3) is 1.60. The molecule has 0 nitrogen and oxygen atoms in total. The molecule has 0 aliphatic carbocycles. The first-order valence-corrected chi connectivity index (χ1v) is 4.56. The van der Waals surface area contributed by atoms with Crippen molar-refractivity contribution in [3.63, 3.8) is 0 Å². The Morgan fingerprint density at radius 2 is 2.23 bits per heavy atom. The molecule has 65 valence electrons. The summed E-state index contributed by atoms with van der Waals surface area (Å²) in [6, 6.07) is 5.28. The zero-order valence-electron chi connectivity index (χ0n) is 6.55. The summed E-state index contributed by atoms with van der Waals surface area (Å²) in [6.07, 6.45) is -0.790. The van der Waals surface area contributed by atoms with Crippen molar-refractivity contribution in [2.75, 3.05) is 0 Å². The Labute approximate surface area is 78.1 Å². The van der Waals surface area contributed by atoms with Crippen molar-refractivity contribution >= 4 is 28.2 Å². The molecule has 0 amide bonds. The lowest BCUT2D eigenvalue weighted by Gasteiger charge is -1.94. The van der Waals surface area contributed by atoms with Gasteiger partial charge < -0.3 is 0 Å². The summed E-state index contributed by atoms with van der Waals surface area (Å²) in [4.78, 5) is 0. The molecule has 0 aliphatic rings. The molecular weight excluding hydrogens is 190 g/mol. The van der Waals surface area contributed by atoms with Gasteiger partial charge in [-0.2, -0.15) is 8.78 Å². The summed E-state index contributed by atoms with van der Waals surface area (Å²) < 4.78 is 24.0. The zero-order chi connectivity index (χ0) is 9.26. The van der Waals surface area contributed by atoms with Crippen LogP contribution in [0.15, 0.2) is 29.7 Å². The Bertz CT molecular complexity index is 453. The van der Waals surface area contributed by atoms with Crippen LogP contribution in [0.3, 0.4) is 0 Å². The van der Waals surface area contributed by atoms with Crippen LogP contribution in [0.25, 0.3) is 16.8 Å². The van der Waals surface area contributed by atoms with Gasteiger partial charge in [0, 0.05) is 16.8 Å². The first kappa shape index (κ1) is 8.38. The second-order valence-electron chi connectivity index (χ2n) is 2.58. The van der Waals surface area contributed by atoms with E-state index in [0.29, 0.717) is 5.56 Å². The SMILES string of the molecule is FC(F)=Cc1cccc2[c]scc12. The van der Waals surface area contributed by atoms with Gasteiger partial charge in [0.25, 0.3) is 6.08 Å². The number of benzene rings is 1. The van der Waals surface area contributed by atoms with Gasteiger partial charge in [-0.3, -0.25) is 0 Å². The van der Waals surface area contributed by atoms with E-state index in [9.17, 15) is 8.78 Å². The number of hydrogen-bond donors (Lipinski definition) is 0. The molecule has 0 saturated heterocycles. The maximum atomic E-state index is 12.0. The molecule has 0 aliphatic heterocycles. The summed E-state index contributed by atoms with van der Waals surface area (Å²) in [5.74, 6) is 0. The Morgan fingerprint density at radius 1 is 1.38 bits per heavy atom. The number of hydrogen-bond acceptors (Lipinski definition) is 1. The number of rotatable bonds is 1. The fraction of sp³-hybridized carbons (Fsp3) is 0. The molecule has 1 heterocycles. The van der Waals surface area contributed by atoms with E-state index in [1.165, 1.54) is 11.3 Å². The quantitative estimate of drug-likeness (QED) is 0.646. The third-order valence-corrected chi connectivity index (χ3v) is 2.44. The monoisotopic (exact) mass is 195 g/mol. The Hall–Kier alpha value is -1.22. The lowest BCUT2D eigenvalue weighted by molar-refractivity contribution is 0.429. The Balaban J connectivity index is 2.68. The summed E-state index contributed by atoms with van der Waals surface area (Å²) in [6.45, 7) is 0. The van der Waals surface area contributed by atoms with Gasteiger partial charge in [-0.25, -0.2) is 0 Å². The van der Waals surface area contributed by atoms with E-state index in [1.807, 2.05) is 11.4 Å². The fourth-order valence-corrected chi connectivity index (χ4v) is 1.94. The van der Waals surface area contributed by atoms with Crippen molar-refractivity contribution in [1.82, 2.24) is 0 Å². The van der Waals surface area contributed by atoms with Crippen LogP contribution in [-0.2, 0) is 0 Å². The van der Waals surface area contributed by atoms with Crippen LogP contribution in [0.2, 0.25) is 0 Å². The highest BCUT2D eigenvalue weighted by molar-refractivity contribution is 7.08. The maximum Gasteiger partial charge on any atom is 0.270 e. The van der Waals surface area contributed by atoms with E-state index in [1.54, 1.807) is 12.1 Å². The van der Waals surface area contributed by atoms with Crippen LogP contribution in [0.5, 0.6) is 0 Å². The van der Waals surface area contributed by atoms with Gasteiger partial charge >= 0.3 is 0 Å². The predicted molar refractivity (Wildman–Crippen MR) is 50.9 cm³/mol. The van der Waals surface area contributed by atoms with Crippen LogP contribution in [0.1, 0.15) is 5.56 Å². The maximum absolute atomic E-state index is 12.0. The fourth-order valence-electron chi connectivity index (χ4n) is 1.20. The van der Waals surface area contributed by atoms with Crippen LogP contribution in [0.4, 0.5) is 8.78 Å². The second-order valence-corrected chi connectivity index (χ2v) is 3.26. The van der Waals surface area contributed by atoms with E-state index in [2.05, 4.69) is 5.38 Å². The molecule has 1 radical (unpaired) electrons. The molecule has 0 spiro atoms. The molecule has 1 aromatic carbocycles. The highest BCUT2D eigenvalue weighted by atomic mass is 32.1. The summed E-state index contributed by atoms with van der Waals surface area (Å²) in [5, 5.41) is 6.55. The topological polar surface area (TPSA) is 0 Å². The molecule has 0 N–H and O–H groups in total. The first-order chi connectivity index (χ1) is 6.27. The Morgan fingerprint density at radius 3 is 3.00 bits per heavy atom. The van der Waals surface area contributed by atoms with E-state index in [-0.39, 0.29) is 0 Å². The third-order valence-electron chi connectivity index (χ3n) is 1.75. The number of thiophene rings is 1. The Kier molecular flexibility index (Phi) is 2.10. The molecule has 0 atom stereocenters. The predicted octanol–water partition coefficient (Wildman–Crippen LogP) is 3.94. The van der Waals surface area contributed by atoms with Crippen molar-refractivity contribution < 1.29 is 8.78 Å². The molecule has 2 aromatic rings. The molecule has 0 bridgehead atoms. The second kappa shape index (κ2) is 3.26. The van der Waals surface area contributed by atoms with Crippen LogP contribution >= 0.6 is 11.3 Å². The smallest absolute Gasteiger partial charge is 0.173 e. The first-order valence-electron chi connectivity index (χ1n) is 3.68. The molecule has 3 heteroatoms. The molecule has 1 aromatic heterocycles. The zero-order valence-corrected chi connectivity index (χ0v) is 7.37. The van der Waals surface area contributed by atoms with Crippen molar-refractivity contribution in [2.24, 2.45) is 0 Å². The van der Waals surface area contributed by atoms with E-state index < -0.39 is 6.08 Å². The molecule has 0 fully saturated rings. The van der Waals surface area contributed by atoms with Crippen molar-refractivity contribution in [1.29, 1.82) is 0 Å². The summed E-state index contributed by atoms with van der Waals surface area (Å²) in [7, 11) is 0. The highest BCUT2D eigenvalue weighted by Crippen LogP contribution is 2.24. The van der Waals surface area contributed by atoms with Gasteiger partial charge in [-0.15, -0.1) is 11.3 Å². The summed E-state index contributed by atoms with van der Waals surface area (Å²) >= 11 is 1.39. The highest BCUT2D eigenvalue weighted by Gasteiger charge is 2.00. The minimum absolute atomic E-state index is 0.551. The van der Waals surface area contributed by atoms with Gasteiger partial charge in [0.15, 0.2) is 0 Å². The van der Waals surface area contributed by atoms with E-state index >= 15 is 0 Å². The molecule has 2 rings (SSSR count). The summed E-state index contributed by atoms with van der Waals surface area (Å²) in [5.41, 5.74) is 0.551. The largest absolute Gasteiger partial charge is 0.270 e. The minimum Gasteiger partial charge on any atom is -0.173 e. The van der Waals surface area contributed by atoms with Crippen molar-refractivity contribution in [3.8, 4) is 0 Å². The van der Waals surface area contributed by atoms with Crippen LogP contribution < -0.4 is 0 Å². The van der Waals surface area contributed by atoms with Gasteiger partial charge in [0.05, 0.1) is 5.38 Å². The van der Waals surface area contributed by atoms with Gasteiger partial charge in [0.2, 0.25) is 0 Å². The average Bonchev–Trinajstić information content (AvgIpc) is 2.51. The molecule has 13 heavy (non-hydrogen) atoms. The average molecular weight is 195 g/mol. The van der Waals surface area contributed by atoms with Crippen LogP contribution in [-0.4, -0.2) is 0 Å². The van der Waals surface area contributed by atoms with E-state index in [0.717, 1.165) is 16.8 Å². The number of halogens is 2. The number of fused-ring (bicyclic) bond motifs is 1. The van der Waals surface area contributed by atoms with Crippen molar-refractivity contribution in [3.05, 3.63) is 40.6 Å². The van der Waals surface area contributed by atoms with Gasteiger partial charge in [-0.1, -0.05) is 18.2 Å². The lowest BCUT2D eigenvalue weighted by Crippen LogP contribution is -1.73. The van der Waals surface area contributed by atoms with Crippen LogP contribution in [0, 0.1) is 5.38 Å². The molecule has 0 saturated carbocycles. The van der Waals surface area contributed by atoms with Crippen molar-refractivity contribution in [2.45, 2.75) is 0 Å². The van der Waals surface area contributed by atoms with E-state index in [4.69, 9.17) is 0 Å².